The summed E-state index contributed by atoms with van der Waals surface area (Å²) in [4.78, 5) is 4.38. The molecule has 0 saturated heterocycles. The maximum atomic E-state index is 5.93. The molecule has 0 fully saturated rings. The van der Waals surface area contributed by atoms with Crippen LogP contribution in [0.5, 0.6) is 5.75 Å². The van der Waals surface area contributed by atoms with Crippen LogP contribution >= 0.6 is 0 Å². The van der Waals surface area contributed by atoms with E-state index in [1.54, 1.807) is 6.33 Å². The number of nitrogen functional groups attached to an aromatic ring is 1. The van der Waals surface area contributed by atoms with Gasteiger partial charge < -0.3 is 10.5 Å². The molecule has 0 atom stereocenters. The van der Waals surface area contributed by atoms with Crippen molar-refractivity contribution in [2.45, 2.75) is 6.92 Å². The van der Waals surface area contributed by atoms with E-state index in [9.17, 15) is 0 Å². The highest BCUT2D eigenvalue weighted by Crippen LogP contribution is 2.24. The molecule has 0 aliphatic carbocycles. The molecule has 1 aromatic heterocycles. The van der Waals surface area contributed by atoms with Gasteiger partial charge in [0.25, 0.3) is 0 Å². The Morgan fingerprint density at radius 3 is 2.89 bits per heavy atom. The van der Waals surface area contributed by atoms with Crippen LogP contribution in [0.15, 0.2) is 48.8 Å². The van der Waals surface area contributed by atoms with Crippen LogP contribution in [-0.2, 0) is 0 Å². The highest BCUT2D eigenvalue weighted by molar-refractivity contribution is 5.77. The number of imidazole rings is 1. The monoisotopic (exact) mass is 253 g/mol. The number of hydrogen-bond donors (Lipinski definition) is 1. The number of hydrogen-bond acceptors (Lipinski definition) is 3. The number of fused-ring (bicyclic) bond motifs is 1. The highest BCUT2D eigenvalue weighted by Gasteiger charge is 2.06. The van der Waals surface area contributed by atoms with Crippen molar-refractivity contribution in [3.8, 4) is 11.4 Å². The minimum absolute atomic E-state index is 0.619. The molecule has 0 aliphatic heterocycles. The van der Waals surface area contributed by atoms with Crippen LogP contribution in [-0.4, -0.2) is 16.2 Å². The molecule has 0 aliphatic rings. The van der Waals surface area contributed by atoms with Crippen molar-refractivity contribution < 1.29 is 4.74 Å². The molecule has 0 unspecified atom stereocenters. The number of nitrogens with zero attached hydrogens (tertiary/aromatic N) is 2. The topological polar surface area (TPSA) is 53.1 Å². The van der Waals surface area contributed by atoms with Gasteiger partial charge in [-0.3, -0.25) is 4.57 Å². The molecule has 0 bridgehead atoms. The molecule has 96 valence electrons. The predicted octanol–water partition coefficient (Wildman–Crippen LogP) is 3.01. The van der Waals surface area contributed by atoms with Crippen LogP contribution in [0, 0.1) is 0 Å². The van der Waals surface area contributed by atoms with Crippen LogP contribution in [0.25, 0.3) is 16.7 Å². The number of rotatable bonds is 3. The second kappa shape index (κ2) is 4.65. The van der Waals surface area contributed by atoms with Gasteiger partial charge in [0.2, 0.25) is 0 Å². The zero-order valence-electron chi connectivity index (χ0n) is 10.7. The van der Waals surface area contributed by atoms with Gasteiger partial charge in [0, 0.05) is 17.8 Å². The molecule has 0 radical (unpaired) electrons. The van der Waals surface area contributed by atoms with E-state index in [0.29, 0.717) is 12.3 Å². The Hall–Kier alpha value is -2.49. The normalized spacial score (nSPS) is 10.8. The quantitative estimate of drug-likeness (QED) is 0.730. The Labute approximate surface area is 111 Å². The molecular weight excluding hydrogens is 238 g/mol. The van der Waals surface area contributed by atoms with Gasteiger partial charge in [-0.25, -0.2) is 4.98 Å². The van der Waals surface area contributed by atoms with Crippen molar-refractivity contribution in [1.29, 1.82) is 0 Å². The van der Waals surface area contributed by atoms with E-state index in [1.807, 2.05) is 54.0 Å². The summed E-state index contributed by atoms with van der Waals surface area (Å²) in [5, 5.41) is 0. The van der Waals surface area contributed by atoms with Crippen LogP contribution in [0.1, 0.15) is 6.92 Å². The lowest BCUT2D eigenvalue weighted by Gasteiger charge is -2.09. The number of para-hydroxylation sites is 2. The van der Waals surface area contributed by atoms with Gasteiger partial charge in [-0.1, -0.05) is 12.1 Å². The first-order valence-electron chi connectivity index (χ1n) is 6.24. The number of nitrogens with two attached hydrogens (primary N) is 1. The van der Waals surface area contributed by atoms with E-state index in [4.69, 9.17) is 10.5 Å². The molecule has 4 nitrogen and oxygen atoms in total. The molecule has 1 heterocycles. The van der Waals surface area contributed by atoms with E-state index in [0.717, 1.165) is 22.5 Å². The number of ether oxygens (including phenoxy) is 1. The Morgan fingerprint density at radius 2 is 2.05 bits per heavy atom. The second-order valence-electron chi connectivity index (χ2n) is 4.30. The molecule has 4 heteroatoms. The Morgan fingerprint density at radius 1 is 1.21 bits per heavy atom. The fourth-order valence-corrected chi connectivity index (χ4v) is 2.16. The lowest BCUT2D eigenvalue weighted by Crippen LogP contribution is -1.98. The van der Waals surface area contributed by atoms with Gasteiger partial charge in [-0.05, 0) is 25.1 Å². The molecular formula is C15H15N3O. The van der Waals surface area contributed by atoms with E-state index >= 15 is 0 Å². The van der Waals surface area contributed by atoms with E-state index in [2.05, 4.69) is 4.98 Å². The molecule has 0 amide bonds. The van der Waals surface area contributed by atoms with Crippen molar-refractivity contribution in [1.82, 2.24) is 9.55 Å². The Balaban J connectivity index is 2.15. The first kappa shape index (κ1) is 11.6. The number of benzene rings is 2. The molecule has 19 heavy (non-hydrogen) atoms. The van der Waals surface area contributed by atoms with E-state index in [1.165, 1.54) is 0 Å². The average molecular weight is 253 g/mol. The van der Waals surface area contributed by atoms with Crippen molar-refractivity contribution in [3.05, 3.63) is 48.8 Å². The number of aromatic nitrogens is 2. The van der Waals surface area contributed by atoms with Crippen LogP contribution in [0.2, 0.25) is 0 Å². The van der Waals surface area contributed by atoms with Gasteiger partial charge in [-0.2, -0.15) is 0 Å². The zero-order chi connectivity index (χ0) is 13.2. The summed E-state index contributed by atoms with van der Waals surface area (Å²) in [5.74, 6) is 0.773. The van der Waals surface area contributed by atoms with E-state index in [-0.39, 0.29) is 0 Å². The summed E-state index contributed by atoms with van der Waals surface area (Å²) >= 11 is 0. The van der Waals surface area contributed by atoms with Crippen LogP contribution in [0.3, 0.4) is 0 Å². The standard InChI is InChI=1S/C15H15N3O/c1-2-19-13-8-11(16)7-12(9-13)18-10-17-14-5-3-4-6-15(14)18/h3-10H,2,16H2,1H3. The molecule has 3 aromatic rings. The minimum atomic E-state index is 0.619. The summed E-state index contributed by atoms with van der Waals surface area (Å²) in [5.41, 5.74) is 9.57. The van der Waals surface area contributed by atoms with Crippen LogP contribution < -0.4 is 10.5 Å². The Kier molecular flexibility index (Phi) is 2.83. The van der Waals surface area contributed by atoms with E-state index < -0.39 is 0 Å². The van der Waals surface area contributed by atoms with Gasteiger partial charge in [0.15, 0.2) is 0 Å². The number of anilines is 1. The zero-order valence-corrected chi connectivity index (χ0v) is 10.7. The van der Waals surface area contributed by atoms with Gasteiger partial charge in [-0.15, -0.1) is 0 Å². The fraction of sp³-hybridized carbons (Fsp3) is 0.133. The summed E-state index contributed by atoms with van der Waals surface area (Å²) in [7, 11) is 0. The maximum absolute atomic E-state index is 5.93. The van der Waals surface area contributed by atoms with Crippen molar-refractivity contribution >= 4 is 16.7 Å². The van der Waals surface area contributed by atoms with Crippen molar-refractivity contribution in [3.63, 3.8) is 0 Å². The molecule has 0 spiro atoms. The van der Waals surface area contributed by atoms with Crippen molar-refractivity contribution in [2.24, 2.45) is 0 Å². The Bertz CT molecular complexity index is 718. The lowest BCUT2D eigenvalue weighted by atomic mass is 10.2. The predicted molar refractivity (Wildman–Crippen MR) is 76.7 cm³/mol. The first-order valence-corrected chi connectivity index (χ1v) is 6.24. The third-order valence-corrected chi connectivity index (χ3v) is 2.96. The summed E-state index contributed by atoms with van der Waals surface area (Å²) in [6.45, 7) is 2.57. The van der Waals surface area contributed by atoms with Crippen LogP contribution in [0.4, 0.5) is 5.69 Å². The summed E-state index contributed by atoms with van der Waals surface area (Å²) < 4.78 is 7.53. The molecule has 0 saturated carbocycles. The smallest absolute Gasteiger partial charge is 0.123 e. The third kappa shape index (κ3) is 2.12. The fourth-order valence-electron chi connectivity index (χ4n) is 2.16. The molecule has 2 aromatic carbocycles. The first-order chi connectivity index (χ1) is 9.28. The van der Waals surface area contributed by atoms with Gasteiger partial charge in [0.05, 0.1) is 23.3 Å². The second-order valence-corrected chi connectivity index (χ2v) is 4.30. The maximum Gasteiger partial charge on any atom is 0.123 e. The largest absolute Gasteiger partial charge is 0.494 e. The summed E-state index contributed by atoms with van der Waals surface area (Å²) in [6, 6.07) is 13.7. The molecule has 3 rings (SSSR count). The minimum Gasteiger partial charge on any atom is -0.494 e. The third-order valence-electron chi connectivity index (χ3n) is 2.96. The highest BCUT2D eigenvalue weighted by atomic mass is 16.5. The average Bonchev–Trinajstić information content (AvgIpc) is 2.82. The van der Waals surface area contributed by atoms with Gasteiger partial charge >= 0.3 is 0 Å². The summed E-state index contributed by atoms with van der Waals surface area (Å²) in [6.07, 6.45) is 1.80. The SMILES string of the molecule is CCOc1cc(N)cc(-n2cnc3ccccc32)c1. The van der Waals surface area contributed by atoms with Gasteiger partial charge in [0.1, 0.15) is 12.1 Å². The lowest BCUT2D eigenvalue weighted by molar-refractivity contribution is 0.340. The molecule has 2 N–H and O–H groups in total. The van der Waals surface area contributed by atoms with Crippen molar-refractivity contribution in [2.75, 3.05) is 12.3 Å².